The number of benzene rings is 1. The van der Waals surface area contributed by atoms with E-state index in [-0.39, 0.29) is 5.91 Å². The zero-order valence-electron chi connectivity index (χ0n) is 10.3. The molecule has 0 unspecified atom stereocenters. The van der Waals surface area contributed by atoms with E-state index in [2.05, 4.69) is 9.59 Å². The first-order valence-electron chi connectivity index (χ1n) is 6.11. The summed E-state index contributed by atoms with van der Waals surface area (Å²) in [6.45, 7) is 1.60. The van der Waals surface area contributed by atoms with Gasteiger partial charge in [-0.05, 0) is 17.1 Å². The van der Waals surface area contributed by atoms with E-state index in [4.69, 9.17) is 0 Å². The zero-order chi connectivity index (χ0) is 13.1. The molecule has 0 atom stereocenters. The Morgan fingerprint density at radius 2 is 1.89 bits per heavy atom. The van der Waals surface area contributed by atoms with Gasteiger partial charge < -0.3 is 4.90 Å². The average Bonchev–Trinajstić information content (AvgIpc) is 2.98. The van der Waals surface area contributed by atoms with Gasteiger partial charge in [-0.25, -0.2) is 0 Å². The summed E-state index contributed by atoms with van der Waals surface area (Å²) in [5.41, 5.74) is 1.50. The minimum absolute atomic E-state index is 0.00732. The zero-order valence-corrected chi connectivity index (χ0v) is 11.9. The van der Waals surface area contributed by atoms with Crippen LogP contribution in [0.3, 0.4) is 0 Å². The molecule has 0 aliphatic carbocycles. The normalized spacial score (nSPS) is 15.5. The van der Waals surface area contributed by atoms with Gasteiger partial charge in [0, 0.05) is 24.6 Å². The molecule has 98 valence electrons. The Labute approximate surface area is 120 Å². The van der Waals surface area contributed by atoms with Crippen LogP contribution in [0.1, 0.15) is 10.5 Å². The van der Waals surface area contributed by atoms with Crippen LogP contribution in [0.2, 0.25) is 0 Å². The summed E-state index contributed by atoms with van der Waals surface area (Å²) in [7, 11) is 0. The van der Waals surface area contributed by atoms with E-state index in [9.17, 15) is 4.79 Å². The molecule has 0 N–H and O–H groups in total. The van der Waals surface area contributed by atoms with Crippen molar-refractivity contribution in [2.45, 2.75) is 0 Å². The predicted molar refractivity (Wildman–Crippen MR) is 78.6 cm³/mol. The maximum Gasteiger partial charge on any atom is 0.276 e. The monoisotopic (exact) mass is 291 g/mol. The summed E-state index contributed by atoms with van der Waals surface area (Å²) in [5, 5.41) is 4.04. The lowest BCUT2D eigenvalue weighted by Crippen LogP contribution is -2.38. The van der Waals surface area contributed by atoms with E-state index < -0.39 is 0 Å². The van der Waals surface area contributed by atoms with Crippen LogP contribution in [-0.4, -0.2) is 45.0 Å². The van der Waals surface area contributed by atoms with Crippen molar-refractivity contribution in [1.82, 2.24) is 14.5 Å². The Bertz CT molecular complexity index is 564. The van der Waals surface area contributed by atoms with E-state index in [1.807, 2.05) is 47.0 Å². The molecule has 0 bridgehead atoms. The molecule has 2 aromatic rings. The lowest BCUT2D eigenvalue weighted by Gasteiger charge is -2.25. The molecular formula is C13H13N3OS2. The Kier molecular flexibility index (Phi) is 3.79. The fraction of sp³-hybridized carbons (Fsp3) is 0.308. The summed E-state index contributed by atoms with van der Waals surface area (Å²) in [6, 6.07) is 9.85. The van der Waals surface area contributed by atoms with Crippen molar-refractivity contribution in [1.29, 1.82) is 0 Å². The van der Waals surface area contributed by atoms with Crippen molar-refractivity contribution in [2.24, 2.45) is 0 Å². The highest BCUT2D eigenvalue weighted by Crippen LogP contribution is 2.27. The van der Waals surface area contributed by atoms with Gasteiger partial charge in [-0.15, -0.1) is 5.10 Å². The minimum Gasteiger partial charge on any atom is -0.336 e. The third-order valence-corrected chi connectivity index (χ3v) is 4.74. The maximum atomic E-state index is 12.5. The van der Waals surface area contributed by atoms with E-state index in [0.29, 0.717) is 5.69 Å². The SMILES string of the molecule is O=C(c1nnsc1-c1ccccc1)N1CCSCC1. The molecule has 1 amide bonds. The van der Waals surface area contributed by atoms with Crippen LogP contribution in [0.15, 0.2) is 30.3 Å². The van der Waals surface area contributed by atoms with Crippen molar-refractivity contribution in [3.63, 3.8) is 0 Å². The van der Waals surface area contributed by atoms with E-state index in [1.54, 1.807) is 0 Å². The molecule has 1 aliphatic heterocycles. The van der Waals surface area contributed by atoms with Gasteiger partial charge in [-0.1, -0.05) is 34.8 Å². The largest absolute Gasteiger partial charge is 0.336 e. The molecule has 3 rings (SSSR count). The number of hydrogen-bond donors (Lipinski definition) is 0. The lowest BCUT2D eigenvalue weighted by atomic mass is 10.1. The van der Waals surface area contributed by atoms with Crippen LogP contribution in [0.25, 0.3) is 10.4 Å². The molecule has 6 heteroatoms. The summed E-state index contributed by atoms with van der Waals surface area (Å²) in [5.74, 6) is 2.02. The first-order chi connectivity index (χ1) is 9.36. The molecule has 1 aliphatic rings. The lowest BCUT2D eigenvalue weighted by molar-refractivity contribution is 0.0767. The second kappa shape index (κ2) is 5.71. The number of rotatable bonds is 2. The van der Waals surface area contributed by atoms with Gasteiger partial charge in [-0.2, -0.15) is 11.8 Å². The van der Waals surface area contributed by atoms with Crippen LogP contribution in [0, 0.1) is 0 Å². The third-order valence-electron chi connectivity index (χ3n) is 3.02. The number of carbonyl (C=O) groups is 1. The van der Waals surface area contributed by atoms with Gasteiger partial charge in [0.15, 0.2) is 5.69 Å². The maximum absolute atomic E-state index is 12.5. The predicted octanol–water partition coefficient (Wildman–Crippen LogP) is 2.39. The van der Waals surface area contributed by atoms with Gasteiger partial charge in [0.05, 0.1) is 4.88 Å². The van der Waals surface area contributed by atoms with Crippen molar-refractivity contribution in [3.8, 4) is 10.4 Å². The van der Waals surface area contributed by atoms with Crippen LogP contribution in [-0.2, 0) is 0 Å². The van der Waals surface area contributed by atoms with Crippen molar-refractivity contribution in [3.05, 3.63) is 36.0 Å². The van der Waals surface area contributed by atoms with Gasteiger partial charge >= 0.3 is 0 Å². The van der Waals surface area contributed by atoms with Crippen LogP contribution < -0.4 is 0 Å². The quantitative estimate of drug-likeness (QED) is 0.852. The van der Waals surface area contributed by atoms with Crippen molar-refractivity contribution >= 4 is 29.2 Å². The van der Waals surface area contributed by atoms with E-state index in [1.165, 1.54) is 11.5 Å². The molecule has 1 saturated heterocycles. The summed E-state index contributed by atoms with van der Waals surface area (Å²) in [6.07, 6.45) is 0. The number of hydrogen-bond acceptors (Lipinski definition) is 5. The third kappa shape index (κ3) is 2.64. The Balaban J connectivity index is 1.89. The molecule has 1 aromatic heterocycles. The molecule has 1 aromatic carbocycles. The highest BCUT2D eigenvalue weighted by molar-refractivity contribution is 7.99. The van der Waals surface area contributed by atoms with Gasteiger partial charge in [0.1, 0.15) is 0 Å². The summed E-state index contributed by atoms with van der Waals surface area (Å²) >= 11 is 3.17. The second-order valence-electron chi connectivity index (χ2n) is 4.22. The number of carbonyl (C=O) groups excluding carboxylic acids is 1. The summed E-state index contributed by atoms with van der Waals surface area (Å²) < 4.78 is 3.95. The minimum atomic E-state index is 0.00732. The van der Waals surface area contributed by atoms with Crippen molar-refractivity contribution in [2.75, 3.05) is 24.6 Å². The Morgan fingerprint density at radius 3 is 2.63 bits per heavy atom. The molecular weight excluding hydrogens is 278 g/mol. The standard InChI is InChI=1S/C13H13N3OS2/c17-13(16-6-8-18-9-7-16)11-12(19-15-14-11)10-4-2-1-3-5-10/h1-5H,6-9H2. The molecule has 19 heavy (non-hydrogen) atoms. The number of aromatic nitrogens is 2. The van der Waals surface area contributed by atoms with Crippen LogP contribution in [0.4, 0.5) is 0 Å². The van der Waals surface area contributed by atoms with Gasteiger partial charge in [0.2, 0.25) is 0 Å². The molecule has 1 fully saturated rings. The molecule has 0 spiro atoms. The Morgan fingerprint density at radius 1 is 1.16 bits per heavy atom. The highest BCUT2D eigenvalue weighted by atomic mass is 32.2. The Hall–Kier alpha value is -1.40. The molecule has 2 heterocycles. The number of nitrogens with zero attached hydrogens (tertiary/aromatic N) is 3. The smallest absolute Gasteiger partial charge is 0.276 e. The van der Waals surface area contributed by atoms with Gasteiger partial charge in [-0.3, -0.25) is 4.79 Å². The first-order valence-corrected chi connectivity index (χ1v) is 8.04. The molecule has 4 nitrogen and oxygen atoms in total. The summed E-state index contributed by atoms with van der Waals surface area (Å²) in [4.78, 5) is 15.2. The van der Waals surface area contributed by atoms with Crippen LogP contribution >= 0.6 is 23.3 Å². The van der Waals surface area contributed by atoms with E-state index >= 15 is 0 Å². The van der Waals surface area contributed by atoms with Crippen LogP contribution in [0.5, 0.6) is 0 Å². The fourth-order valence-corrected chi connectivity index (χ4v) is 3.59. The van der Waals surface area contributed by atoms with Crippen molar-refractivity contribution < 1.29 is 4.79 Å². The van der Waals surface area contributed by atoms with Gasteiger partial charge in [0.25, 0.3) is 5.91 Å². The number of thioether (sulfide) groups is 1. The average molecular weight is 291 g/mol. The van der Waals surface area contributed by atoms with E-state index in [0.717, 1.165) is 35.0 Å². The fourth-order valence-electron chi connectivity index (χ4n) is 2.03. The second-order valence-corrected chi connectivity index (χ2v) is 6.20. The molecule has 0 radical (unpaired) electrons. The first kappa shape index (κ1) is 12.6. The number of amides is 1. The highest BCUT2D eigenvalue weighted by Gasteiger charge is 2.24. The molecule has 0 saturated carbocycles. The topological polar surface area (TPSA) is 46.1 Å².